The average Bonchev–Trinajstić information content (AvgIpc) is 2.88. The number of benzene rings is 4. The first-order valence-corrected chi connectivity index (χ1v) is 11.9. The van der Waals surface area contributed by atoms with Crippen LogP contribution in [0, 0.1) is 13.8 Å². The van der Waals surface area contributed by atoms with Crippen LogP contribution < -0.4 is 0 Å². The highest BCUT2D eigenvalue weighted by Crippen LogP contribution is 2.32. The van der Waals surface area contributed by atoms with Gasteiger partial charge in [-0.15, -0.1) is 0 Å². The molecule has 0 saturated heterocycles. The fraction of sp³-hybridized carbons (Fsp3) is 0.0667. The maximum Gasteiger partial charge on any atom is 0.343 e. The molecular formula is C30H22Cl2O4. The minimum atomic E-state index is -0.599. The lowest BCUT2D eigenvalue weighted by molar-refractivity contribution is 0.0646. The first-order chi connectivity index (χ1) is 17.3. The normalized spacial score (nSPS) is 11.4. The second-order valence-electron chi connectivity index (χ2n) is 8.18. The van der Waals surface area contributed by atoms with Crippen LogP contribution in [0.4, 0.5) is 0 Å². The SMILES string of the molecule is Cc1ccc(C(=O)O/C(=C(/OC(=O)c2ccc(C)cc2)c2ccc(Cl)cc2)c2ccc(Cl)cc2)cc1. The Bertz CT molecular complexity index is 1290. The molecule has 0 spiro atoms. The number of hydrogen-bond acceptors (Lipinski definition) is 4. The van der Waals surface area contributed by atoms with Crippen molar-refractivity contribution in [2.24, 2.45) is 0 Å². The summed E-state index contributed by atoms with van der Waals surface area (Å²) in [5.41, 5.74) is 3.73. The number of carbonyl (C=O) groups is 2. The van der Waals surface area contributed by atoms with Gasteiger partial charge in [-0.05, 0) is 86.6 Å². The maximum absolute atomic E-state index is 13.1. The van der Waals surface area contributed by atoms with Crippen LogP contribution in [0.3, 0.4) is 0 Å². The molecule has 4 rings (SSSR count). The predicted octanol–water partition coefficient (Wildman–Crippen LogP) is 8.15. The molecule has 4 nitrogen and oxygen atoms in total. The molecule has 0 N–H and O–H groups in total. The van der Waals surface area contributed by atoms with Gasteiger partial charge in [-0.3, -0.25) is 0 Å². The summed E-state index contributed by atoms with van der Waals surface area (Å²) in [6.45, 7) is 3.86. The lowest BCUT2D eigenvalue weighted by atomic mass is 10.1. The largest absolute Gasteiger partial charge is 0.418 e. The van der Waals surface area contributed by atoms with Gasteiger partial charge >= 0.3 is 11.9 Å². The number of ether oxygens (including phenoxy) is 2. The van der Waals surface area contributed by atoms with Gasteiger partial charge in [0.05, 0.1) is 11.1 Å². The Hall–Kier alpha value is -3.86. The minimum Gasteiger partial charge on any atom is -0.418 e. The molecule has 0 heterocycles. The van der Waals surface area contributed by atoms with Gasteiger partial charge in [0, 0.05) is 21.2 Å². The van der Waals surface area contributed by atoms with E-state index in [1.165, 1.54) is 0 Å². The highest BCUT2D eigenvalue weighted by atomic mass is 35.5. The van der Waals surface area contributed by atoms with E-state index in [2.05, 4.69) is 0 Å². The van der Waals surface area contributed by atoms with Crippen molar-refractivity contribution in [3.63, 3.8) is 0 Å². The summed E-state index contributed by atoms with van der Waals surface area (Å²) in [6, 6.07) is 27.4. The molecule has 36 heavy (non-hydrogen) atoms. The summed E-state index contributed by atoms with van der Waals surface area (Å²) >= 11 is 12.2. The molecule has 0 aliphatic carbocycles. The van der Waals surface area contributed by atoms with E-state index in [9.17, 15) is 9.59 Å². The Morgan fingerprint density at radius 2 is 0.750 bits per heavy atom. The summed E-state index contributed by atoms with van der Waals surface area (Å²) in [5, 5.41) is 1.01. The van der Waals surface area contributed by atoms with Crippen molar-refractivity contribution in [1.29, 1.82) is 0 Å². The zero-order valence-corrected chi connectivity index (χ0v) is 21.1. The van der Waals surface area contributed by atoms with E-state index in [1.807, 2.05) is 38.1 Å². The van der Waals surface area contributed by atoms with Crippen LogP contribution in [0.2, 0.25) is 10.0 Å². The molecule has 0 amide bonds. The quantitative estimate of drug-likeness (QED) is 0.147. The third-order valence-electron chi connectivity index (χ3n) is 5.38. The molecule has 4 aromatic carbocycles. The Morgan fingerprint density at radius 3 is 1.06 bits per heavy atom. The van der Waals surface area contributed by atoms with Gasteiger partial charge < -0.3 is 9.47 Å². The Labute approximate surface area is 219 Å². The summed E-state index contributed by atoms with van der Waals surface area (Å²) in [4.78, 5) is 26.3. The Balaban J connectivity index is 1.85. The lowest BCUT2D eigenvalue weighted by Crippen LogP contribution is -2.11. The van der Waals surface area contributed by atoms with Crippen LogP contribution in [0.5, 0.6) is 0 Å². The van der Waals surface area contributed by atoms with Crippen molar-refractivity contribution < 1.29 is 19.1 Å². The van der Waals surface area contributed by atoms with Crippen molar-refractivity contribution in [3.05, 3.63) is 140 Å². The van der Waals surface area contributed by atoms with Gasteiger partial charge in [0.2, 0.25) is 0 Å². The monoisotopic (exact) mass is 516 g/mol. The zero-order valence-electron chi connectivity index (χ0n) is 19.6. The molecule has 0 fully saturated rings. The molecule has 0 aliphatic rings. The van der Waals surface area contributed by atoms with Crippen molar-refractivity contribution in [2.45, 2.75) is 13.8 Å². The topological polar surface area (TPSA) is 52.6 Å². The number of carbonyl (C=O) groups excluding carboxylic acids is 2. The highest BCUT2D eigenvalue weighted by Gasteiger charge is 2.23. The number of hydrogen-bond donors (Lipinski definition) is 0. The van der Waals surface area contributed by atoms with Crippen LogP contribution in [0.1, 0.15) is 43.0 Å². The molecule has 180 valence electrons. The zero-order chi connectivity index (χ0) is 25.7. The van der Waals surface area contributed by atoms with Crippen molar-refractivity contribution >= 4 is 46.7 Å². The van der Waals surface area contributed by atoms with Crippen molar-refractivity contribution in [1.82, 2.24) is 0 Å². The van der Waals surface area contributed by atoms with Crippen LogP contribution in [-0.2, 0) is 9.47 Å². The van der Waals surface area contributed by atoms with Gasteiger partial charge in [0.15, 0.2) is 11.5 Å². The van der Waals surface area contributed by atoms with E-state index in [-0.39, 0.29) is 11.5 Å². The standard InChI is InChI=1S/C30H22Cl2O4/c1-19-3-7-23(8-4-19)29(33)35-27(21-11-15-25(31)16-12-21)28(22-13-17-26(32)18-14-22)36-30(34)24-9-5-20(2)6-10-24/h3-18H,1-2H3/b28-27+. The second kappa shape index (κ2) is 11.3. The molecular weight excluding hydrogens is 495 g/mol. The van der Waals surface area contributed by atoms with Gasteiger partial charge in [0.25, 0.3) is 0 Å². The van der Waals surface area contributed by atoms with Crippen molar-refractivity contribution in [2.75, 3.05) is 0 Å². The highest BCUT2D eigenvalue weighted by molar-refractivity contribution is 6.31. The van der Waals surface area contributed by atoms with Crippen LogP contribution >= 0.6 is 23.2 Å². The second-order valence-corrected chi connectivity index (χ2v) is 9.06. The van der Waals surface area contributed by atoms with Gasteiger partial charge in [0.1, 0.15) is 0 Å². The average molecular weight is 517 g/mol. The summed E-state index contributed by atoms with van der Waals surface area (Å²) in [5.74, 6) is -1.06. The van der Waals surface area contributed by atoms with E-state index in [4.69, 9.17) is 32.7 Å². The molecule has 0 atom stereocenters. The number of aryl methyl sites for hydroxylation is 2. The molecule has 0 aromatic heterocycles. The molecule has 4 aromatic rings. The molecule has 0 bridgehead atoms. The Morgan fingerprint density at radius 1 is 0.472 bits per heavy atom. The van der Waals surface area contributed by atoms with Crippen LogP contribution in [0.15, 0.2) is 97.1 Å². The van der Waals surface area contributed by atoms with Crippen LogP contribution in [0.25, 0.3) is 11.5 Å². The van der Waals surface area contributed by atoms with E-state index >= 15 is 0 Å². The number of rotatable bonds is 6. The minimum absolute atomic E-state index is 0.0695. The van der Waals surface area contributed by atoms with Crippen molar-refractivity contribution in [3.8, 4) is 0 Å². The molecule has 0 saturated carbocycles. The number of esters is 2. The molecule has 0 aliphatic heterocycles. The van der Waals surface area contributed by atoms with Crippen LogP contribution in [-0.4, -0.2) is 11.9 Å². The number of halogens is 2. The van der Waals surface area contributed by atoms with E-state index in [0.717, 1.165) is 11.1 Å². The molecule has 0 radical (unpaired) electrons. The van der Waals surface area contributed by atoms with E-state index in [0.29, 0.717) is 32.3 Å². The summed E-state index contributed by atoms with van der Waals surface area (Å²) in [7, 11) is 0. The maximum atomic E-state index is 13.1. The third kappa shape index (κ3) is 6.22. The summed E-state index contributed by atoms with van der Waals surface area (Å²) < 4.78 is 11.8. The lowest BCUT2D eigenvalue weighted by Gasteiger charge is -2.17. The summed E-state index contributed by atoms with van der Waals surface area (Å²) in [6.07, 6.45) is 0. The van der Waals surface area contributed by atoms with Gasteiger partial charge in [-0.1, -0.05) is 58.6 Å². The van der Waals surface area contributed by atoms with Gasteiger partial charge in [-0.2, -0.15) is 0 Å². The van der Waals surface area contributed by atoms with E-state index in [1.54, 1.807) is 72.8 Å². The third-order valence-corrected chi connectivity index (χ3v) is 5.89. The molecule has 6 heteroatoms. The Kier molecular flexibility index (Phi) is 7.89. The smallest absolute Gasteiger partial charge is 0.343 e. The fourth-order valence-electron chi connectivity index (χ4n) is 3.36. The molecule has 0 unspecified atom stereocenters. The fourth-order valence-corrected chi connectivity index (χ4v) is 3.61. The van der Waals surface area contributed by atoms with Gasteiger partial charge in [-0.25, -0.2) is 9.59 Å². The first-order valence-electron chi connectivity index (χ1n) is 11.1. The predicted molar refractivity (Wildman–Crippen MR) is 143 cm³/mol. The van der Waals surface area contributed by atoms with E-state index < -0.39 is 11.9 Å². The first kappa shape index (κ1) is 25.2.